The summed E-state index contributed by atoms with van der Waals surface area (Å²) in [6, 6.07) is 0.852. The molecule has 2 unspecified atom stereocenters. The summed E-state index contributed by atoms with van der Waals surface area (Å²) in [5.41, 5.74) is 3.46. The Hall–Kier alpha value is -1.67. The molecule has 3 amide bonds. The number of nitrogens with zero attached hydrogens (tertiary/aromatic N) is 3. The van der Waals surface area contributed by atoms with Crippen LogP contribution < -0.4 is 16.1 Å². The minimum atomic E-state index is -0.105. The zero-order valence-corrected chi connectivity index (χ0v) is 17.2. The molecule has 2 saturated heterocycles. The van der Waals surface area contributed by atoms with E-state index >= 15 is 0 Å². The lowest BCUT2D eigenvalue weighted by Crippen LogP contribution is -2.62. The number of rotatable bonds is 3. The van der Waals surface area contributed by atoms with Crippen molar-refractivity contribution in [2.75, 3.05) is 19.6 Å². The second-order valence-corrected chi connectivity index (χ2v) is 9.47. The van der Waals surface area contributed by atoms with E-state index < -0.39 is 0 Å². The molecule has 8 nitrogen and oxygen atoms in total. The third-order valence-electron chi connectivity index (χ3n) is 7.45. The quantitative estimate of drug-likeness (QED) is 0.669. The van der Waals surface area contributed by atoms with Gasteiger partial charge in [-0.3, -0.25) is 15.2 Å². The molecule has 2 saturated carbocycles. The highest BCUT2D eigenvalue weighted by Crippen LogP contribution is 2.31. The maximum atomic E-state index is 12.7. The van der Waals surface area contributed by atoms with Gasteiger partial charge in [-0.2, -0.15) is 0 Å². The fraction of sp³-hybridized carbons (Fsp3) is 0.857. The van der Waals surface area contributed by atoms with Crippen LogP contribution in [0.3, 0.4) is 0 Å². The summed E-state index contributed by atoms with van der Waals surface area (Å²) in [4.78, 5) is 32.0. The number of hydrazine groups is 1. The SMILES string of the molecule is O=C1NC(C2CN(C(=O)NC3CCCCC3)C2)=NC2C1CNN2C1CCCCC1. The van der Waals surface area contributed by atoms with E-state index in [0.717, 1.165) is 18.7 Å². The van der Waals surface area contributed by atoms with Gasteiger partial charge in [-0.05, 0) is 25.7 Å². The minimum absolute atomic E-state index is 0.0418. The Bertz CT molecular complexity index is 664. The van der Waals surface area contributed by atoms with E-state index in [1.54, 1.807) is 0 Å². The number of fused-ring (bicyclic) bond motifs is 1. The van der Waals surface area contributed by atoms with Crippen molar-refractivity contribution in [3.05, 3.63) is 0 Å². The molecule has 0 aromatic rings. The van der Waals surface area contributed by atoms with E-state index in [1.807, 2.05) is 4.90 Å². The van der Waals surface area contributed by atoms with Crippen molar-refractivity contribution < 1.29 is 9.59 Å². The molecule has 0 aromatic heterocycles. The van der Waals surface area contributed by atoms with Gasteiger partial charge in [0.15, 0.2) is 0 Å². The molecule has 2 atom stereocenters. The number of hydrogen-bond donors (Lipinski definition) is 3. The van der Waals surface area contributed by atoms with Crippen molar-refractivity contribution >= 4 is 17.8 Å². The van der Waals surface area contributed by atoms with E-state index in [1.165, 1.54) is 51.4 Å². The summed E-state index contributed by atoms with van der Waals surface area (Å²) in [5.74, 6) is 0.899. The Morgan fingerprint density at radius 3 is 2.41 bits per heavy atom. The second kappa shape index (κ2) is 8.22. The molecule has 0 radical (unpaired) electrons. The summed E-state index contributed by atoms with van der Waals surface area (Å²) in [6.07, 6.45) is 12.0. The Labute approximate surface area is 172 Å². The fourth-order valence-corrected chi connectivity index (χ4v) is 5.61. The molecule has 0 aromatic carbocycles. The summed E-state index contributed by atoms with van der Waals surface area (Å²) in [7, 11) is 0. The molecule has 3 heterocycles. The highest BCUT2D eigenvalue weighted by Gasteiger charge is 2.47. The first-order valence-electron chi connectivity index (χ1n) is 11.6. The Balaban J connectivity index is 1.19. The van der Waals surface area contributed by atoms with Crippen LogP contribution >= 0.6 is 0 Å². The van der Waals surface area contributed by atoms with Crippen molar-refractivity contribution in [2.24, 2.45) is 16.8 Å². The van der Waals surface area contributed by atoms with Crippen LogP contribution in [0.15, 0.2) is 4.99 Å². The van der Waals surface area contributed by atoms with E-state index in [9.17, 15) is 9.59 Å². The van der Waals surface area contributed by atoms with Crippen molar-refractivity contribution in [2.45, 2.75) is 82.5 Å². The smallest absolute Gasteiger partial charge is 0.317 e. The van der Waals surface area contributed by atoms with Crippen molar-refractivity contribution in [3.63, 3.8) is 0 Å². The van der Waals surface area contributed by atoms with Gasteiger partial charge in [0.1, 0.15) is 12.0 Å². The first-order chi connectivity index (χ1) is 14.2. The maximum absolute atomic E-state index is 12.7. The molecule has 4 fully saturated rings. The molecule has 3 N–H and O–H groups in total. The largest absolute Gasteiger partial charge is 0.335 e. The molecule has 5 rings (SSSR count). The second-order valence-electron chi connectivity index (χ2n) is 9.47. The van der Waals surface area contributed by atoms with Crippen LogP contribution in [0.25, 0.3) is 0 Å². The lowest BCUT2D eigenvalue weighted by Gasteiger charge is -2.43. The normalized spacial score (nSPS) is 32.3. The van der Waals surface area contributed by atoms with Crippen LogP contribution in [0.4, 0.5) is 4.79 Å². The van der Waals surface area contributed by atoms with Gasteiger partial charge < -0.3 is 15.5 Å². The van der Waals surface area contributed by atoms with Crippen molar-refractivity contribution in [1.29, 1.82) is 0 Å². The lowest BCUT2D eigenvalue weighted by molar-refractivity contribution is -0.124. The highest BCUT2D eigenvalue weighted by atomic mass is 16.2. The van der Waals surface area contributed by atoms with Gasteiger partial charge in [0.05, 0.1) is 11.8 Å². The van der Waals surface area contributed by atoms with Crippen molar-refractivity contribution in [1.82, 2.24) is 26.0 Å². The zero-order chi connectivity index (χ0) is 19.8. The Morgan fingerprint density at radius 1 is 1.00 bits per heavy atom. The first kappa shape index (κ1) is 19.3. The molecular weight excluding hydrogens is 368 g/mol. The van der Waals surface area contributed by atoms with Gasteiger partial charge in [0.25, 0.3) is 0 Å². The van der Waals surface area contributed by atoms with E-state index in [-0.39, 0.29) is 29.9 Å². The van der Waals surface area contributed by atoms with E-state index in [0.29, 0.717) is 31.7 Å². The number of amides is 3. The predicted molar refractivity (Wildman–Crippen MR) is 110 cm³/mol. The maximum Gasteiger partial charge on any atom is 0.317 e. The number of nitrogens with one attached hydrogen (secondary N) is 3. The van der Waals surface area contributed by atoms with E-state index in [2.05, 4.69) is 21.1 Å². The van der Waals surface area contributed by atoms with Gasteiger partial charge in [0, 0.05) is 31.7 Å². The van der Waals surface area contributed by atoms with Crippen LogP contribution in [-0.4, -0.2) is 65.6 Å². The summed E-state index contributed by atoms with van der Waals surface area (Å²) >= 11 is 0. The van der Waals surface area contributed by atoms with Gasteiger partial charge in [-0.1, -0.05) is 38.5 Å². The number of amidine groups is 1. The number of hydrogen-bond acceptors (Lipinski definition) is 5. The number of urea groups is 1. The Morgan fingerprint density at radius 2 is 1.69 bits per heavy atom. The fourth-order valence-electron chi connectivity index (χ4n) is 5.61. The molecule has 0 bridgehead atoms. The molecule has 2 aliphatic carbocycles. The summed E-state index contributed by atoms with van der Waals surface area (Å²) in [5, 5.41) is 8.48. The molecule has 3 aliphatic heterocycles. The zero-order valence-electron chi connectivity index (χ0n) is 17.2. The number of carbonyl (C=O) groups is 2. The molecule has 5 aliphatic rings. The standard InChI is InChI=1S/C21H34N6O2/c28-20-17-11-22-27(16-9-5-2-6-10-16)19(17)24-18(25-20)14-12-26(13-14)21(29)23-15-7-3-1-4-8-15/h14-17,19,22H,1-13H2,(H,23,29)(H,24,25,28). The lowest BCUT2D eigenvalue weighted by atomic mass is 9.93. The van der Waals surface area contributed by atoms with E-state index in [4.69, 9.17) is 4.99 Å². The molecular formula is C21H34N6O2. The van der Waals surface area contributed by atoms with Gasteiger partial charge >= 0.3 is 6.03 Å². The van der Waals surface area contributed by atoms with Crippen molar-refractivity contribution in [3.8, 4) is 0 Å². The summed E-state index contributed by atoms with van der Waals surface area (Å²) < 4.78 is 0. The summed E-state index contributed by atoms with van der Waals surface area (Å²) in [6.45, 7) is 1.96. The first-order valence-corrected chi connectivity index (χ1v) is 11.6. The average molecular weight is 403 g/mol. The van der Waals surface area contributed by atoms with Gasteiger partial charge in [0.2, 0.25) is 5.91 Å². The predicted octanol–water partition coefficient (Wildman–Crippen LogP) is 1.58. The third-order valence-corrected chi connectivity index (χ3v) is 7.45. The molecule has 160 valence electrons. The molecule has 29 heavy (non-hydrogen) atoms. The molecule has 0 spiro atoms. The minimum Gasteiger partial charge on any atom is -0.335 e. The number of carbonyl (C=O) groups excluding carboxylic acids is 2. The van der Waals surface area contributed by atoms with Crippen LogP contribution in [0.5, 0.6) is 0 Å². The third kappa shape index (κ3) is 3.89. The van der Waals surface area contributed by atoms with Crippen LogP contribution in [0.2, 0.25) is 0 Å². The topological polar surface area (TPSA) is 89.1 Å². The highest BCUT2D eigenvalue weighted by molar-refractivity contribution is 6.03. The number of aliphatic imine (C=N–C) groups is 1. The molecule has 8 heteroatoms. The average Bonchev–Trinajstić information content (AvgIpc) is 3.13. The monoisotopic (exact) mass is 402 g/mol. The van der Waals surface area contributed by atoms with Crippen LogP contribution in [0, 0.1) is 11.8 Å². The van der Waals surface area contributed by atoms with Gasteiger partial charge in [-0.25, -0.2) is 9.80 Å². The van der Waals surface area contributed by atoms with Crippen LogP contribution in [-0.2, 0) is 4.79 Å². The van der Waals surface area contributed by atoms with Gasteiger partial charge in [-0.15, -0.1) is 0 Å². The number of likely N-dealkylation sites (tertiary alicyclic amines) is 1. The Kier molecular flexibility index (Phi) is 5.47. The van der Waals surface area contributed by atoms with Crippen LogP contribution in [0.1, 0.15) is 64.2 Å².